The van der Waals surface area contributed by atoms with Crippen molar-refractivity contribution in [2.75, 3.05) is 26.3 Å². The first-order valence-corrected chi connectivity index (χ1v) is 13.6. The molecule has 0 aliphatic carbocycles. The topological polar surface area (TPSA) is 88.0 Å². The maximum Gasteiger partial charge on any atom is 0.255 e. The van der Waals surface area contributed by atoms with Crippen LogP contribution in [0.3, 0.4) is 0 Å². The highest BCUT2D eigenvalue weighted by Crippen LogP contribution is 2.49. The van der Waals surface area contributed by atoms with E-state index in [4.69, 9.17) is 13.9 Å². The molecular weight excluding hydrogens is 494 g/mol. The number of amides is 2. The van der Waals surface area contributed by atoms with Crippen LogP contribution >= 0.6 is 0 Å². The number of benzene rings is 2. The minimum atomic E-state index is -1.17. The summed E-state index contributed by atoms with van der Waals surface area (Å²) in [6, 6.07) is 17.7. The largest absolute Gasteiger partial charge is 0.490 e. The number of rotatable bonds is 8. The van der Waals surface area contributed by atoms with Gasteiger partial charge in [0.1, 0.15) is 12.3 Å². The number of nitrogens with one attached hydrogen (secondary N) is 1. The van der Waals surface area contributed by atoms with Crippen molar-refractivity contribution in [3.05, 3.63) is 83.4 Å². The molecule has 39 heavy (non-hydrogen) atoms. The van der Waals surface area contributed by atoms with E-state index in [1.807, 2.05) is 56.3 Å². The van der Waals surface area contributed by atoms with Crippen LogP contribution in [0.1, 0.15) is 55.7 Å². The van der Waals surface area contributed by atoms with Crippen molar-refractivity contribution in [1.29, 1.82) is 0 Å². The lowest BCUT2D eigenvalue weighted by atomic mass is 9.76. The molecule has 4 aromatic rings. The standard InChI is InChI=1S/C31H33N3O5/c1-4-14-39-25-13-12-20(16-26(25)37-5-2)23-18-34-27(35)19-33(17-21-9-8-15-38-21)30(36)31(34,3)29-28(23)22-10-6-7-11-24(22)32-29/h6-13,15-16,23,32H,4-5,14,17-19H2,1-3H3/t23?,31-/m0/s1. The van der Waals surface area contributed by atoms with Crippen molar-refractivity contribution in [1.82, 2.24) is 14.8 Å². The van der Waals surface area contributed by atoms with Gasteiger partial charge in [0.05, 0.1) is 31.7 Å². The molecule has 8 heteroatoms. The maximum atomic E-state index is 14.2. The van der Waals surface area contributed by atoms with E-state index in [1.165, 1.54) is 0 Å². The van der Waals surface area contributed by atoms with Crippen LogP contribution in [-0.2, 0) is 21.7 Å². The van der Waals surface area contributed by atoms with E-state index >= 15 is 0 Å². The molecule has 4 heterocycles. The number of carbonyl (C=O) groups is 2. The fraction of sp³-hybridized carbons (Fsp3) is 0.355. The number of para-hydroxylation sites is 1. The quantitative estimate of drug-likeness (QED) is 0.341. The number of carbonyl (C=O) groups excluding carboxylic acids is 2. The van der Waals surface area contributed by atoms with Gasteiger partial charge in [-0.15, -0.1) is 0 Å². The predicted octanol–water partition coefficient (Wildman–Crippen LogP) is 5.18. The molecule has 2 amide bonds. The van der Waals surface area contributed by atoms with Gasteiger partial charge in [0, 0.05) is 23.4 Å². The molecular formula is C31H33N3O5. The normalized spacial score (nSPS) is 20.7. The lowest BCUT2D eigenvalue weighted by molar-refractivity contribution is -0.167. The smallest absolute Gasteiger partial charge is 0.255 e. The highest BCUT2D eigenvalue weighted by Gasteiger charge is 2.56. The Hall–Kier alpha value is -4.20. The molecule has 1 saturated heterocycles. The Kier molecular flexibility index (Phi) is 6.33. The monoisotopic (exact) mass is 527 g/mol. The summed E-state index contributed by atoms with van der Waals surface area (Å²) >= 11 is 0. The van der Waals surface area contributed by atoms with E-state index in [-0.39, 0.29) is 30.8 Å². The molecule has 6 rings (SSSR count). The minimum absolute atomic E-state index is 0.00535. The molecule has 0 saturated carbocycles. The van der Waals surface area contributed by atoms with Crippen LogP contribution in [0.5, 0.6) is 11.5 Å². The molecule has 0 bridgehead atoms. The molecule has 2 atom stereocenters. The number of ether oxygens (including phenoxy) is 2. The van der Waals surface area contributed by atoms with Crippen LogP contribution in [0.25, 0.3) is 10.9 Å². The number of fused-ring (bicyclic) bond motifs is 5. The zero-order valence-corrected chi connectivity index (χ0v) is 22.5. The number of hydrogen-bond acceptors (Lipinski definition) is 5. The van der Waals surface area contributed by atoms with Gasteiger partial charge in [-0.3, -0.25) is 9.59 Å². The number of aromatic amines is 1. The third kappa shape index (κ3) is 4.06. The van der Waals surface area contributed by atoms with E-state index in [0.29, 0.717) is 37.0 Å². The van der Waals surface area contributed by atoms with Crippen molar-refractivity contribution in [2.24, 2.45) is 0 Å². The highest BCUT2D eigenvalue weighted by atomic mass is 16.5. The van der Waals surface area contributed by atoms with Gasteiger partial charge in [0.2, 0.25) is 5.91 Å². The molecule has 2 aromatic heterocycles. The van der Waals surface area contributed by atoms with Gasteiger partial charge in [0.15, 0.2) is 17.0 Å². The second kappa shape index (κ2) is 9.84. The summed E-state index contributed by atoms with van der Waals surface area (Å²) < 4.78 is 17.4. The summed E-state index contributed by atoms with van der Waals surface area (Å²) in [4.78, 5) is 34.7. The molecule has 1 unspecified atom stereocenters. The highest BCUT2D eigenvalue weighted by molar-refractivity contribution is 6.01. The SMILES string of the molecule is CCCOc1ccc(C2CN3C(=O)CN(Cc4ccco4)C(=O)[C@]3(C)c3[nH]c4ccccc4c32)cc1OCC. The van der Waals surface area contributed by atoms with Crippen LogP contribution in [0.15, 0.2) is 65.3 Å². The Morgan fingerprint density at radius 1 is 1.05 bits per heavy atom. The first-order valence-electron chi connectivity index (χ1n) is 13.6. The van der Waals surface area contributed by atoms with Gasteiger partial charge in [-0.05, 0) is 61.7 Å². The fourth-order valence-corrected chi connectivity index (χ4v) is 6.03. The number of furan rings is 1. The molecule has 0 spiro atoms. The zero-order chi connectivity index (χ0) is 27.1. The van der Waals surface area contributed by atoms with Gasteiger partial charge >= 0.3 is 0 Å². The maximum absolute atomic E-state index is 14.2. The average Bonchev–Trinajstić information content (AvgIpc) is 3.60. The second-order valence-electron chi connectivity index (χ2n) is 10.3. The van der Waals surface area contributed by atoms with Crippen molar-refractivity contribution in [3.63, 3.8) is 0 Å². The van der Waals surface area contributed by atoms with Crippen LogP contribution in [0.4, 0.5) is 0 Å². The van der Waals surface area contributed by atoms with E-state index in [0.717, 1.165) is 34.1 Å². The van der Waals surface area contributed by atoms with E-state index in [2.05, 4.69) is 18.0 Å². The molecule has 2 aliphatic rings. The first kappa shape index (κ1) is 25.1. The Morgan fingerprint density at radius 3 is 2.67 bits per heavy atom. The second-order valence-corrected chi connectivity index (χ2v) is 10.3. The Bertz CT molecular complexity index is 1520. The summed E-state index contributed by atoms with van der Waals surface area (Å²) in [5.41, 5.74) is 2.57. The predicted molar refractivity (Wildman–Crippen MR) is 147 cm³/mol. The fourth-order valence-electron chi connectivity index (χ4n) is 6.03. The van der Waals surface area contributed by atoms with Crippen LogP contribution in [0.2, 0.25) is 0 Å². The summed E-state index contributed by atoms with van der Waals surface area (Å²) in [6.07, 6.45) is 2.48. The number of H-pyrrole nitrogens is 1. The van der Waals surface area contributed by atoms with Crippen molar-refractivity contribution >= 4 is 22.7 Å². The summed E-state index contributed by atoms with van der Waals surface area (Å²) in [7, 11) is 0. The number of piperazine rings is 1. The molecule has 1 N–H and O–H groups in total. The average molecular weight is 528 g/mol. The Balaban J connectivity index is 1.48. The third-order valence-electron chi connectivity index (χ3n) is 7.88. The summed E-state index contributed by atoms with van der Waals surface area (Å²) in [5, 5.41) is 1.05. The van der Waals surface area contributed by atoms with E-state index in [9.17, 15) is 9.59 Å². The van der Waals surface area contributed by atoms with Crippen molar-refractivity contribution in [2.45, 2.75) is 45.2 Å². The van der Waals surface area contributed by atoms with Gasteiger partial charge < -0.3 is 28.7 Å². The molecule has 202 valence electrons. The first-order chi connectivity index (χ1) is 19.0. The summed E-state index contributed by atoms with van der Waals surface area (Å²) in [5.74, 6) is 1.67. The number of nitrogens with zero attached hydrogens (tertiary/aromatic N) is 2. The lowest BCUT2D eigenvalue weighted by Crippen LogP contribution is -2.67. The Morgan fingerprint density at radius 2 is 1.90 bits per heavy atom. The zero-order valence-electron chi connectivity index (χ0n) is 22.5. The van der Waals surface area contributed by atoms with Crippen LogP contribution < -0.4 is 9.47 Å². The molecule has 8 nitrogen and oxygen atoms in total. The van der Waals surface area contributed by atoms with Gasteiger partial charge in [0.25, 0.3) is 5.91 Å². The van der Waals surface area contributed by atoms with Gasteiger partial charge in [-0.2, -0.15) is 0 Å². The van der Waals surface area contributed by atoms with Crippen molar-refractivity contribution < 1.29 is 23.5 Å². The van der Waals surface area contributed by atoms with E-state index < -0.39 is 5.54 Å². The molecule has 1 fully saturated rings. The summed E-state index contributed by atoms with van der Waals surface area (Å²) in [6.45, 7) is 7.63. The van der Waals surface area contributed by atoms with Gasteiger partial charge in [-0.1, -0.05) is 31.2 Å². The van der Waals surface area contributed by atoms with Crippen molar-refractivity contribution in [3.8, 4) is 11.5 Å². The molecule has 0 radical (unpaired) electrons. The van der Waals surface area contributed by atoms with Crippen LogP contribution in [-0.4, -0.2) is 52.9 Å². The van der Waals surface area contributed by atoms with Crippen LogP contribution in [0, 0.1) is 0 Å². The minimum Gasteiger partial charge on any atom is -0.490 e. The third-order valence-corrected chi connectivity index (χ3v) is 7.88. The van der Waals surface area contributed by atoms with Gasteiger partial charge in [-0.25, -0.2) is 0 Å². The number of hydrogen-bond donors (Lipinski definition) is 1. The molecule has 2 aliphatic heterocycles. The van der Waals surface area contributed by atoms with E-state index in [1.54, 1.807) is 22.1 Å². The number of aromatic nitrogens is 1. The Labute approximate surface area is 227 Å². The lowest BCUT2D eigenvalue weighted by Gasteiger charge is -2.51. The molecule has 2 aromatic carbocycles.